The molecule has 0 unspecified atom stereocenters. The fourth-order valence-electron chi connectivity index (χ4n) is 0.342. The summed E-state index contributed by atoms with van der Waals surface area (Å²) < 4.78 is 1.00. The van der Waals surface area contributed by atoms with Crippen LogP contribution in [0.15, 0.2) is 30.3 Å². The summed E-state index contributed by atoms with van der Waals surface area (Å²) in [6.07, 6.45) is 0. The second-order valence-electron chi connectivity index (χ2n) is 3.76. The predicted molar refractivity (Wildman–Crippen MR) is 51.2 cm³/mol. The SMILES string of the molecule is C[N+](C)(C)C.[OH-].[c]1ccccc1. The molecular weight excluding hydrogens is 150 g/mol. The lowest BCUT2D eigenvalue weighted by molar-refractivity contribution is -0.849. The van der Waals surface area contributed by atoms with Crippen molar-refractivity contribution in [3.8, 4) is 0 Å². The molecule has 1 N–H and O–H groups in total. The molecule has 0 aliphatic rings. The van der Waals surface area contributed by atoms with Crippen molar-refractivity contribution >= 4 is 0 Å². The number of rotatable bonds is 0. The molecule has 0 heterocycles. The van der Waals surface area contributed by atoms with Gasteiger partial charge in [0, 0.05) is 0 Å². The van der Waals surface area contributed by atoms with Crippen LogP contribution in [0.3, 0.4) is 0 Å². The zero-order valence-corrected chi connectivity index (χ0v) is 8.28. The van der Waals surface area contributed by atoms with E-state index >= 15 is 0 Å². The van der Waals surface area contributed by atoms with E-state index in [0.717, 1.165) is 4.48 Å². The van der Waals surface area contributed by atoms with Gasteiger partial charge in [-0.15, -0.1) is 0 Å². The molecule has 0 saturated heterocycles. The van der Waals surface area contributed by atoms with E-state index in [1.54, 1.807) is 0 Å². The Hall–Kier alpha value is -0.860. The summed E-state index contributed by atoms with van der Waals surface area (Å²) in [7, 11) is 8.50. The van der Waals surface area contributed by atoms with Gasteiger partial charge < -0.3 is 9.96 Å². The van der Waals surface area contributed by atoms with Crippen LogP contribution in [0.2, 0.25) is 0 Å². The Bertz CT molecular complexity index is 134. The first kappa shape index (κ1) is 13.7. The van der Waals surface area contributed by atoms with Crippen LogP contribution in [0.25, 0.3) is 0 Å². The van der Waals surface area contributed by atoms with Crippen LogP contribution in [0.4, 0.5) is 0 Å². The first-order valence-corrected chi connectivity index (χ1v) is 3.70. The summed E-state index contributed by atoms with van der Waals surface area (Å²) in [4.78, 5) is 0. The standard InChI is InChI=1S/C6H5.C4H12N.H2O/c1-2-4-6-5-3-1;1-5(2,3)4;/h1-5H;1-4H3;1H2/q;+1;/p-1. The number of hydrogen-bond donors (Lipinski definition) is 0. The lowest BCUT2D eigenvalue weighted by atomic mass is 10.4. The summed E-state index contributed by atoms with van der Waals surface area (Å²) in [6, 6.07) is 12.5. The third-order valence-electron chi connectivity index (χ3n) is 0.607. The Labute approximate surface area is 75.3 Å². The molecule has 0 atom stereocenters. The Morgan fingerprint density at radius 1 is 0.833 bits per heavy atom. The van der Waals surface area contributed by atoms with E-state index in [1.807, 2.05) is 30.3 Å². The highest BCUT2D eigenvalue weighted by Gasteiger charge is 1.88. The first-order chi connectivity index (χ1) is 5.00. The monoisotopic (exact) mass is 168 g/mol. The Morgan fingerprint density at radius 2 is 1.17 bits per heavy atom. The van der Waals surface area contributed by atoms with Crippen molar-refractivity contribution in [2.45, 2.75) is 0 Å². The summed E-state index contributed by atoms with van der Waals surface area (Å²) in [5.41, 5.74) is 0. The van der Waals surface area contributed by atoms with Gasteiger partial charge in [-0.3, -0.25) is 0 Å². The lowest BCUT2D eigenvalue weighted by Crippen LogP contribution is -2.27. The molecule has 12 heavy (non-hydrogen) atoms. The maximum atomic E-state index is 2.89. The molecule has 69 valence electrons. The van der Waals surface area contributed by atoms with Crippen LogP contribution in [-0.4, -0.2) is 38.1 Å². The summed E-state index contributed by atoms with van der Waals surface area (Å²) in [5, 5.41) is 0. The molecule has 0 spiro atoms. The molecule has 0 saturated carbocycles. The molecular formula is C10H18NO. The lowest BCUT2D eigenvalue weighted by Gasteiger charge is -2.14. The normalized spacial score (nSPS) is 9.00. The van der Waals surface area contributed by atoms with Gasteiger partial charge in [0.05, 0.1) is 28.2 Å². The molecule has 0 aliphatic carbocycles. The van der Waals surface area contributed by atoms with Crippen molar-refractivity contribution in [2.75, 3.05) is 28.2 Å². The van der Waals surface area contributed by atoms with Gasteiger partial charge in [0.1, 0.15) is 0 Å². The topological polar surface area (TPSA) is 30.0 Å². The number of hydrogen-bond acceptors (Lipinski definition) is 1. The van der Waals surface area contributed by atoms with Crippen molar-refractivity contribution < 1.29 is 9.96 Å². The zero-order chi connectivity index (χ0) is 8.74. The molecule has 0 amide bonds. The van der Waals surface area contributed by atoms with E-state index in [0.29, 0.717) is 0 Å². The maximum absolute atomic E-state index is 2.89. The fourth-order valence-corrected chi connectivity index (χ4v) is 0.342. The molecule has 1 rings (SSSR count). The summed E-state index contributed by atoms with van der Waals surface area (Å²) in [5.74, 6) is 0. The van der Waals surface area contributed by atoms with Crippen LogP contribution in [0.5, 0.6) is 0 Å². The van der Waals surface area contributed by atoms with E-state index in [-0.39, 0.29) is 5.48 Å². The summed E-state index contributed by atoms with van der Waals surface area (Å²) >= 11 is 0. The molecule has 0 aliphatic heterocycles. The number of nitrogens with zero attached hydrogens (tertiary/aromatic N) is 1. The average Bonchev–Trinajstić information content (AvgIpc) is 1.88. The Kier molecular flexibility index (Phi) is 7.80. The van der Waals surface area contributed by atoms with Gasteiger partial charge in [-0.2, -0.15) is 0 Å². The van der Waals surface area contributed by atoms with Gasteiger partial charge in [-0.05, 0) is 6.07 Å². The highest BCUT2D eigenvalue weighted by atomic mass is 16.0. The maximum Gasteiger partial charge on any atom is 0.0675 e. The van der Waals surface area contributed by atoms with Gasteiger partial charge in [0.15, 0.2) is 0 Å². The van der Waals surface area contributed by atoms with Crippen LogP contribution < -0.4 is 0 Å². The number of benzene rings is 1. The molecule has 0 aromatic heterocycles. The van der Waals surface area contributed by atoms with Crippen LogP contribution in [-0.2, 0) is 0 Å². The van der Waals surface area contributed by atoms with Gasteiger partial charge in [-0.1, -0.05) is 30.3 Å². The minimum absolute atomic E-state index is 0. The van der Waals surface area contributed by atoms with Crippen molar-refractivity contribution in [2.24, 2.45) is 0 Å². The van der Waals surface area contributed by atoms with Gasteiger partial charge in [0.2, 0.25) is 0 Å². The molecule has 2 heteroatoms. The summed E-state index contributed by atoms with van der Waals surface area (Å²) in [6.45, 7) is 0. The molecule has 2 nitrogen and oxygen atoms in total. The van der Waals surface area contributed by atoms with Gasteiger partial charge in [-0.25, -0.2) is 0 Å². The van der Waals surface area contributed by atoms with Crippen molar-refractivity contribution in [1.29, 1.82) is 0 Å². The van der Waals surface area contributed by atoms with E-state index < -0.39 is 0 Å². The fraction of sp³-hybridized carbons (Fsp3) is 0.400. The quantitative estimate of drug-likeness (QED) is 0.541. The molecule has 1 aromatic carbocycles. The second kappa shape index (κ2) is 6.83. The van der Waals surface area contributed by atoms with E-state index in [4.69, 9.17) is 0 Å². The van der Waals surface area contributed by atoms with Crippen molar-refractivity contribution in [3.05, 3.63) is 36.4 Å². The second-order valence-corrected chi connectivity index (χ2v) is 3.76. The van der Waals surface area contributed by atoms with Crippen LogP contribution in [0.1, 0.15) is 0 Å². The zero-order valence-electron chi connectivity index (χ0n) is 8.28. The van der Waals surface area contributed by atoms with Gasteiger partial charge in [0.25, 0.3) is 0 Å². The van der Waals surface area contributed by atoms with Crippen molar-refractivity contribution in [1.82, 2.24) is 0 Å². The third-order valence-corrected chi connectivity index (χ3v) is 0.607. The van der Waals surface area contributed by atoms with E-state index in [9.17, 15) is 0 Å². The largest absolute Gasteiger partial charge is 0.870 e. The third kappa shape index (κ3) is 22.9. The van der Waals surface area contributed by atoms with Crippen molar-refractivity contribution in [3.63, 3.8) is 0 Å². The first-order valence-electron chi connectivity index (χ1n) is 3.70. The van der Waals surface area contributed by atoms with Crippen LogP contribution in [0, 0.1) is 6.07 Å². The molecule has 1 aromatic rings. The highest BCUT2D eigenvalue weighted by molar-refractivity contribution is 4.97. The number of quaternary nitrogens is 1. The minimum Gasteiger partial charge on any atom is -0.870 e. The smallest absolute Gasteiger partial charge is 0.0675 e. The highest BCUT2D eigenvalue weighted by Crippen LogP contribution is 1.78. The Balaban J connectivity index is 0. The van der Waals surface area contributed by atoms with Gasteiger partial charge >= 0.3 is 0 Å². The van der Waals surface area contributed by atoms with E-state index in [1.165, 1.54) is 0 Å². The molecule has 0 fully saturated rings. The minimum atomic E-state index is 0. The average molecular weight is 168 g/mol. The molecule has 0 bridgehead atoms. The predicted octanol–water partition coefficient (Wildman–Crippen LogP) is 1.63. The Morgan fingerprint density at radius 3 is 1.25 bits per heavy atom. The molecule has 1 radical (unpaired) electrons. The van der Waals surface area contributed by atoms with E-state index in [2.05, 4.69) is 34.3 Å². The van der Waals surface area contributed by atoms with Crippen LogP contribution >= 0.6 is 0 Å².